The van der Waals surface area contributed by atoms with Gasteiger partial charge in [0.05, 0.1) is 31.3 Å². The fraction of sp³-hybridized carbons (Fsp3) is 0.480. The number of hydroxylamine groups is 2. The summed E-state index contributed by atoms with van der Waals surface area (Å²) < 4.78 is 5.20. The number of halogens is 1. The van der Waals surface area contributed by atoms with E-state index < -0.39 is 11.9 Å². The van der Waals surface area contributed by atoms with Crippen LogP contribution in [0.5, 0.6) is 5.75 Å². The van der Waals surface area contributed by atoms with E-state index in [9.17, 15) is 19.5 Å². The normalized spacial score (nSPS) is 19.6. The molecule has 2 aliphatic rings. The van der Waals surface area contributed by atoms with Crippen LogP contribution in [0.2, 0.25) is 5.02 Å². The molecule has 13 nitrogen and oxygen atoms in total. The van der Waals surface area contributed by atoms with Gasteiger partial charge in [0.2, 0.25) is 5.95 Å². The molecule has 2 heterocycles. The van der Waals surface area contributed by atoms with E-state index in [-0.39, 0.29) is 30.1 Å². The summed E-state index contributed by atoms with van der Waals surface area (Å²) in [4.78, 5) is 52.0. The van der Waals surface area contributed by atoms with E-state index in [0.717, 1.165) is 5.56 Å². The Bertz CT molecular complexity index is 1170. The molecule has 4 N–H and O–H groups in total. The number of rotatable bonds is 9. The number of piperazine rings is 1. The fourth-order valence-corrected chi connectivity index (χ4v) is 4.78. The lowest BCUT2D eigenvalue weighted by Gasteiger charge is -2.32. The predicted molar refractivity (Wildman–Crippen MR) is 143 cm³/mol. The summed E-state index contributed by atoms with van der Waals surface area (Å²) in [5, 5.41) is 20.0. The molecule has 14 heteroatoms. The molecule has 0 radical (unpaired) electrons. The number of urea groups is 1. The van der Waals surface area contributed by atoms with E-state index >= 15 is 0 Å². The van der Waals surface area contributed by atoms with Crippen LogP contribution in [0, 0.1) is 0 Å². The van der Waals surface area contributed by atoms with Gasteiger partial charge in [-0.3, -0.25) is 14.9 Å². The van der Waals surface area contributed by atoms with Crippen LogP contribution in [-0.4, -0.2) is 84.0 Å². The van der Waals surface area contributed by atoms with E-state index in [1.165, 1.54) is 13.3 Å². The Hall–Kier alpha value is -3.68. The van der Waals surface area contributed by atoms with Crippen molar-refractivity contribution in [1.82, 2.24) is 25.7 Å². The molecule has 1 saturated heterocycles. The van der Waals surface area contributed by atoms with Gasteiger partial charge in [-0.25, -0.2) is 9.78 Å². The number of hydrogen-bond acceptors (Lipinski definition) is 11. The molecular formula is C25H32ClN7O6. The third-order valence-corrected chi connectivity index (χ3v) is 6.96. The highest BCUT2D eigenvalue weighted by molar-refractivity contribution is 6.32. The molecule has 1 saturated carbocycles. The summed E-state index contributed by atoms with van der Waals surface area (Å²) in [6, 6.07) is 4.59. The number of imide groups is 1. The van der Waals surface area contributed by atoms with E-state index in [1.807, 2.05) is 11.0 Å². The van der Waals surface area contributed by atoms with Crippen LogP contribution in [0.25, 0.3) is 0 Å². The van der Waals surface area contributed by atoms with Gasteiger partial charge in [0.25, 0.3) is 5.91 Å². The molecular weight excluding hydrogens is 530 g/mol. The van der Waals surface area contributed by atoms with E-state index in [4.69, 9.17) is 21.2 Å². The number of methoxy groups -OCH3 is 1. The van der Waals surface area contributed by atoms with Gasteiger partial charge in [0.1, 0.15) is 17.1 Å². The molecule has 2 aromatic rings. The molecule has 0 unspecified atom stereocenters. The molecule has 2 fully saturated rings. The van der Waals surface area contributed by atoms with Crippen molar-refractivity contribution >= 4 is 41.8 Å². The Kier molecular flexibility index (Phi) is 9.74. The highest BCUT2D eigenvalue weighted by atomic mass is 35.5. The number of benzene rings is 1. The smallest absolute Gasteiger partial charge is 0.321 e. The average Bonchev–Trinajstić information content (AvgIpc) is 2.93. The molecule has 1 aromatic carbocycles. The first-order valence-corrected chi connectivity index (χ1v) is 13.1. The quantitative estimate of drug-likeness (QED) is 0.330. The Morgan fingerprint density at radius 1 is 1.18 bits per heavy atom. The lowest BCUT2D eigenvalue weighted by Crippen LogP contribution is -2.47. The van der Waals surface area contributed by atoms with Crippen LogP contribution in [-0.2, 0) is 16.2 Å². The number of aliphatic hydroxyl groups is 1. The van der Waals surface area contributed by atoms with E-state index in [1.54, 1.807) is 17.2 Å². The first-order valence-electron chi connectivity index (χ1n) is 12.7. The molecule has 210 valence electrons. The van der Waals surface area contributed by atoms with E-state index in [0.29, 0.717) is 75.1 Å². The highest BCUT2D eigenvalue weighted by Crippen LogP contribution is 2.26. The second-order valence-corrected chi connectivity index (χ2v) is 9.71. The van der Waals surface area contributed by atoms with Gasteiger partial charge >= 0.3 is 12.5 Å². The monoisotopic (exact) mass is 561 g/mol. The van der Waals surface area contributed by atoms with Gasteiger partial charge in [0.15, 0.2) is 0 Å². The molecule has 4 rings (SSSR count). The molecule has 0 bridgehead atoms. The van der Waals surface area contributed by atoms with Crippen molar-refractivity contribution in [2.75, 3.05) is 43.5 Å². The Balaban J connectivity index is 1.48. The summed E-state index contributed by atoms with van der Waals surface area (Å²) >= 11 is 6.26. The van der Waals surface area contributed by atoms with Crippen molar-refractivity contribution in [3.63, 3.8) is 0 Å². The van der Waals surface area contributed by atoms with E-state index in [2.05, 4.69) is 25.9 Å². The minimum absolute atomic E-state index is 0.0931. The van der Waals surface area contributed by atoms with Gasteiger partial charge < -0.3 is 30.2 Å². The van der Waals surface area contributed by atoms with Crippen LogP contribution >= 0.6 is 11.6 Å². The number of amides is 3. The van der Waals surface area contributed by atoms with Crippen molar-refractivity contribution in [3.05, 3.63) is 40.5 Å². The SMILES string of the molecule is COc1ccc(CNc2nc(N3CCN(OC=O)CC3)ncc2C(=O)NC(=O)N[C@H]2CC[C@H](O)CC2)cc1Cl. The number of ether oxygens (including phenoxy) is 1. The summed E-state index contributed by atoms with van der Waals surface area (Å²) in [7, 11) is 1.53. The maximum atomic E-state index is 13.1. The average molecular weight is 562 g/mol. The zero-order chi connectivity index (χ0) is 27.8. The number of hydrogen-bond donors (Lipinski definition) is 4. The predicted octanol–water partition coefficient (Wildman–Crippen LogP) is 1.70. The largest absolute Gasteiger partial charge is 0.495 e. The molecule has 1 aliphatic carbocycles. The number of carbonyl (C=O) groups excluding carboxylic acids is 3. The second-order valence-electron chi connectivity index (χ2n) is 9.31. The number of carbonyl (C=O) groups is 3. The fourth-order valence-electron chi connectivity index (χ4n) is 4.50. The molecule has 1 aliphatic heterocycles. The number of aliphatic hydroxyl groups excluding tert-OH is 1. The van der Waals surface area contributed by atoms with Crippen LogP contribution in [0.3, 0.4) is 0 Å². The van der Waals surface area contributed by atoms with Crippen molar-refractivity contribution in [3.8, 4) is 5.75 Å². The van der Waals surface area contributed by atoms with Gasteiger partial charge in [-0.2, -0.15) is 4.98 Å². The maximum Gasteiger partial charge on any atom is 0.321 e. The lowest BCUT2D eigenvalue weighted by atomic mass is 9.93. The highest BCUT2D eigenvalue weighted by Gasteiger charge is 2.25. The number of anilines is 2. The van der Waals surface area contributed by atoms with Gasteiger partial charge in [-0.05, 0) is 43.4 Å². The Labute approximate surface area is 230 Å². The third kappa shape index (κ3) is 7.68. The van der Waals surface area contributed by atoms with Gasteiger partial charge in [-0.15, -0.1) is 5.06 Å². The number of nitrogens with one attached hydrogen (secondary N) is 3. The molecule has 3 amide bonds. The minimum atomic E-state index is -0.658. The van der Waals surface area contributed by atoms with Crippen LogP contribution in [0.4, 0.5) is 16.6 Å². The first-order chi connectivity index (χ1) is 18.9. The summed E-state index contributed by atoms with van der Waals surface area (Å²) in [6.45, 7) is 2.63. The summed E-state index contributed by atoms with van der Waals surface area (Å²) in [6.07, 6.45) is 3.52. The van der Waals surface area contributed by atoms with Crippen LogP contribution in [0.15, 0.2) is 24.4 Å². The van der Waals surface area contributed by atoms with Crippen molar-refractivity contribution < 1.29 is 29.1 Å². The molecule has 0 spiro atoms. The lowest BCUT2D eigenvalue weighted by molar-refractivity contribution is -0.174. The Morgan fingerprint density at radius 2 is 1.92 bits per heavy atom. The standard InChI is InChI=1S/C25H32ClN7O6/c1-38-21-7-2-16(12-20(21)26)13-27-22-19(23(36)31-25(37)29-17-3-5-18(35)6-4-17)14-28-24(30-22)32-8-10-33(11-9-32)39-15-34/h2,7,12,14-15,17-18,35H,3-6,8-11,13H2,1H3,(H,27,28,30)(H2,29,31,36,37)/t17-,18-. The van der Waals surface area contributed by atoms with Crippen molar-refractivity contribution in [1.29, 1.82) is 0 Å². The first kappa shape index (κ1) is 28.3. The van der Waals surface area contributed by atoms with Crippen LogP contribution in [0.1, 0.15) is 41.6 Å². The topological polar surface area (TPSA) is 158 Å². The van der Waals surface area contributed by atoms with Crippen LogP contribution < -0.4 is 25.6 Å². The van der Waals surface area contributed by atoms with Crippen molar-refractivity contribution in [2.45, 2.75) is 44.4 Å². The van der Waals surface area contributed by atoms with Gasteiger partial charge in [-0.1, -0.05) is 17.7 Å². The minimum Gasteiger partial charge on any atom is -0.495 e. The third-order valence-electron chi connectivity index (χ3n) is 6.67. The second kappa shape index (κ2) is 13.4. The van der Waals surface area contributed by atoms with Crippen molar-refractivity contribution in [2.24, 2.45) is 0 Å². The zero-order valence-electron chi connectivity index (χ0n) is 21.6. The number of aromatic nitrogens is 2. The zero-order valence-corrected chi connectivity index (χ0v) is 22.3. The van der Waals surface area contributed by atoms with Gasteiger partial charge in [0, 0.05) is 31.9 Å². The summed E-state index contributed by atoms with van der Waals surface area (Å²) in [5.74, 6) is 0.512. The molecule has 39 heavy (non-hydrogen) atoms. The molecule has 1 aromatic heterocycles. The number of nitrogens with zero attached hydrogens (tertiary/aromatic N) is 4. The molecule has 0 atom stereocenters. The maximum absolute atomic E-state index is 13.1. The summed E-state index contributed by atoms with van der Waals surface area (Å²) in [5.41, 5.74) is 0.916. The Morgan fingerprint density at radius 3 is 2.59 bits per heavy atom.